The fourth-order valence-electron chi connectivity index (χ4n) is 1.66. The first-order valence-corrected chi connectivity index (χ1v) is 5.73. The minimum Gasteiger partial charge on any atom is -0.330 e. The lowest BCUT2D eigenvalue weighted by Gasteiger charge is -2.10. The van der Waals surface area contributed by atoms with Gasteiger partial charge in [-0.15, -0.1) is 0 Å². The van der Waals surface area contributed by atoms with Gasteiger partial charge in [-0.25, -0.2) is 0 Å². The van der Waals surface area contributed by atoms with Gasteiger partial charge in [0.1, 0.15) is 0 Å². The molecule has 0 heterocycles. The molecule has 0 amide bonds. The van der Waals surface area contributed by atoms with E-state index in [-0.39, 0.29) is 0 Å². The summed E-state index contributed by atoms with van der Waals surface area (Å²) in [6.07, 6.45) is 6.93. The highest BCUT2D eigenvalue weighted by Crippen LogP contribution is 2.33. The molecule has 0 bridgehead atoms. The molecule has 13 heavy (non-hydrogen) atoms. The second-order valence-electron chi connectivity index (χ2n) is 4.47. The molecular weight excluding hydrogens is 160 g/mol. The highest BCUT2D eigenvalue weighted by atomic mass is 14.8. The van der Waals surface area contributed by atoms with Crippen LogP contribution in [0.1, 0.15) is 39.0 Å². The molecule has 3 N–H and O–H groups in total. The third kappa shape index (κ3) is 6.05. The van der Waals surface area contributed by atoms with Crippen LogP contribution < -0.4 is 11.1 Å². The van der Waals surface area contributed by atoms with Crippen LogP contribution in [0.3, 0.4) is 0 Å². The van der Waals surface area contributed by atoms with Crippen molar-refractivity contribution in [2.75, 3.05) is 19.6 Å². The molecule has 0 aromatic heterocycles. The predicted molar refractivity (Wildman–Crippen MR) is 57.7 cm³/mol. The second kappa shape index (κ2) is 6.39. The Labute approximate surface area is 82.3 Å². The Morgan fingerprint density at radius 3 is 2.85 bits per heavy atom. The lowest BCUT2D eigenvalue weighted by atomic mass is 10.1. The van der Waals surface area contributed by atoms with Gasteiger partial charge in [0.15, 0.2) is 0 Å². The fraction of sp³-hybridized carbons (Fsp3) is 1.00. The van der Waals surface area contributed by atoms with Gasteiger partial charge in [0, 0.05) is 0 Å². The Kier molecular flexibility index (Phi) is 5.40. The molecule has 1 aliphatic carbocycles. The van der Waals surface area contributed by atoms with E-state index < -0.39 is 0 Å². The Hall–Kier alpha value is -0.0800. The third-order valence-electron chi connectivity index (χ3n) is 2.82. The van der Waals surface area contributed by atoms with Gasteiger partial charge in [0.05, 0.1) is 0 Å². The van der Waals surface area contributed by atoms with Gasteiger partial charge in [-0.2, -0.15) is 0 Å². The van der Waals surface area contributed by atoms with E-state index in [1.54, 1.807) is 0 Å². The Balaban J connectivity index is 1.76. The fourth-order valence-corrected chi connectivity index (χ4v) is 1.66. The molecule has 0 radical (unpaired) electrons. The predicted octanol–water partition coefficient (Wildman–Crippen LogP) is 1.75. The summed E-state index contributed by atoms with van der Waals surface area (Å²) in [5, 5.41) is 3.50. The molecule has 0 aliphatic heterocycles. The molecule has 1 aliphatic rings. The molecule has 0 aromatic rings. The van der Waals surface area contributed by atoms with Crippen LogP contribution in [-0.2, 0) is 0 Å². The van der Waals surface area contributed by atoms with E-state index in [1.165, 1.54) is 32.2 Å². The molecule has 2 nitrogen and oxygen atoms in total. The Morgan fingerprint density at radius 2 is 2.23 bits per heavy atom. The van der Waals surface area contributed by atoms with Gasteiger partial charge in [0.2, 0.25) is 0 Å². The number of rotatable bonds is 8. The van der Waals surface area contributed by atoms with Crippen LogP contribution in [0, 0.1) is 11.8 Å². The van der Waals surface area contributed by atoms with Crippen molar-refractivity contribution < 1.29 is 0 Å². The van der Waals surface area contributed by atoms with Crippen molar-refractivity contribution in [1.29, 1.82) is 0 Å². The minimum atomic E-state index is 0.742. The smallest absolute Gasteiger partial charge is 0.00227 e. The van der Waals surface area contributed by atoms with Crippen molar-refractivity contribution in [2.45, 2.75) is 39.0 Å². The lowest BCUT2D eigenvalue weighted by molar-refractivity contribution is 0.476. The summed E-state index contributed by atoms with van der Waals surface area (Å²) >= 11 is 0. The molecule has 2 heteroatoms. The standard InChI is InChI=1S/C11H24N2/c1-10(6-7-12)9-13-8-2-3-11-4-5-11/h10-11,13H,2-9,12H2,1H3. The molecule has 1 atom stereocenters. The topological polar surface area (TPSA) is 38.0 Å². The maximum atomic E-state index is 5.48. The first-order valence-electron chi connectivity index (χ1n) is 5.73. The lowest BCUT2D eigenvalue weighted by Crippen LogP contribution is -2.23. The summed E-state index contributed by atoms with van der Waals surface area (Å²) in [5.41, 5.74) is 5.48. The third-order valence-corrected chi connectivity index (χ3v) is 2.82. The van der Waals surface area contributed by atoms with Crippen molar-refractivity contribution in [3.8, 4) is 0 Å². The van der Waals surface area contributed by atoms with Crippen LogP contribution in [0.5, 0.6) is 0 Å². The molecule has 78 valence electrons. The van der Waals surface area contributed by atoms with E-state index in [9.17, 15) is 0 Å². The van der Waals surface area contributed by atoms with Gasteiger partial charge in [0.25, 0.3) is 0 Å². The monoisotopic (exact) mass is 184 g/mol. The normalized spacial score (nSPS) is 18.9. The Morgan fingerprint density at radius 1 is 1.46 bits per heavy atom. The number of nitrogens with two attached hydrogens (primary N) is 1. The molecule has 0 spiro atoms. The molecule has 1 unspecified atom stereocenters. The zero-order valence-electron chi connectivity index (χ0n) is 8.89. The SMILES string of the molecule is CC(CCN)CNCCCC1CC1. The van der Waals surface area contributed by atoms with Crippen molar-refractivity contribution in [3.63, 3.8) is 0 Å². The second-order valence-corrected chi connectivity index (χ2v) is 4.47. The van der Waals surface area contributed by atoms with E-state index in [2.05, 4.69) is 12.2 Å². The zero-order valence-corrected chi connectivity index (χ0v) is 8.89. The van der Waals surface area contributed by atoms with E-state index in [0.717, 1.165) is 31.3 Å². The highest BCUT2D eigenvalue weighted by Gasteiger charge is 2.19. The first-order chi connectivity index (χ1) is 6.33. The van der Waals surface area contributed by atoms with Gasteiger partial charge >= 0.3 is 0 Å². The minimum absolute atomic E-state index is 0.742. The Bertz CT molecular complexity index is 121. The van der Waals surface area contributed by atoms with E-state index >= 15 is 0 Å². The molecule has 0 saturated heterocycles. The molecular formula is C11H24N2. The van der Waals surface area contributed by atoms with Gasteiger partial charge in [-0.05, 0) is 50.7 Å². The largest absolute Gasteiger partial charge is 0.330 e. The highest BCUT2D eigenvalue weighted by molar-refractivity contribution is 4.73. The van der Waals surface area contributed by atoms with Gasteiger partial charge in [-0.3, -0.25) is 0 Å². The average molecular weight is 184 g/mol. The summed E-state index contributed by atoms with van der Waals surface area (Å²) in [5.74, 6) is 1.83. The van der Waals surface area contributed by atoms with Crippen molar-refractivity contribution in [2.24, 2.45) is 17.6 Å². The first kappa shape index (κ1) is 11.0. The van der Waals surface area contributed by atoms with E-state index in [0.29, 0.717) is 0 Å². The molecule has 1 fully saturated rings. The van der Waals surface area contributed by atoms with Crippen LogP contribution in [0.2, 0.25) is 0 Å². The van der Waals surface area contributed by atoms with Gasteiger partial charge < -0.3 is 11.1 Å². The quantitative estimate of drug-likeness (QED) is 0.564. The summed E-state index contributed by atoms with van der Waals surface area (Å²) in [4.78, 5) is 0. The van der Waals surface area contributed by atoms with Crippen molar-refractivity contribution in [3.05, 3.63) is 0 Å². The van der Waals surface area contributed by atoms with Crippen LogP contribution in [0.25, 0.3) is 0 Å². The maximum Gasteiger partial charge on any atom is -0.00227 e. The van der Waals surface area contributed by atoms with Crippen LogP contribution >= 0.6 is 0 Å². The zero-order chi connectivity index (χ0) is 9.52. The van der Waals surface area contributed by atoms with Crippen LogP contribution in [-0.4, -0.2) is 19.6 Å². The number of hydrogen-bond donors (Lipinski definition) is 2. The summed E-state index contributed by atoms with van der Waals surface area (Å²) in [6.45, 7) is 5.43. The van der Waals surface area contributed by atoms with Crippen molar-refractivity contribution in [1.82, 2.24) is 5.32 Å². The molecule has 1 saturated carbocycles. The van der Waals surface area contributed by atoms with Crippen LogP contribution in [0.4, 0.5) is 0 Å². The van der Waals surface area contributed by atoms with E-state index in [1.807, 2.05) is 0 Å². The number of hydrogen-bond acceptors (Lipinski definition) is 2. The molecule has 0 aromatic carbocycles. The van der Waals surface area contributed by atoms with Crippen LogP contribution in [0.15, 0.2) is 0 Å². The summed E-state index contributed by atoms with van der Waals surface area (Å²) < 4.78 is 0. The average Bonchev–Trinajstić information content (AvgIpc) is 2.88. The van der Waals surface area contributed by atoms with Crippen molar-refractivity contribution >= 4 is 0 Å². The van der Waals surface area contributed by atoms with E-state index in [4.69, 9.17) is 5.73 Å². The summed E-state index contributed by atoms with van der Waals surface area (Å²) in [6, 6.07) is 0. The maximum absolute atomic E-state index is 5.48. The number of nitrogens with one attached hydrogen (secondary N) is 1. The molecule has 1 rings (SSSR count). The van der Waals surface area contributed by atoms with Gasteiger partial charge in [-0.1, -0.05) is 19.8 Å². The summed E-state index contributed by atoms with van der Waals surface area (Å²) in [7, 11) is 0.